The third kappa shape index (κ3) is 6.46. The lowest BCUT2D eigenvalue weighted by molar-refractivity contribution is -0.121. The normalized spacial score (nSPS) is 16.4. The number of hydrogen-bond donors (Lipinski definition) is 1. The summed E-state index contributed by atoms with van der Waals surface area (Å²) in [6.45, 7) is 2.90. The zero-order valence-corrected chi connectivity index (χ0v) is 23.6. The molecule has 0 bridgehead atoms. The number of amides is 1. The fourth-order valence-corrected chi connectivity index (χ4v) is 5.53. The maximum atomic E-state index is 13.1. The third-order valence-electron chi connectivity index (χ3n) is 6.45. The van der Waals surface area contributed by atoms with Crippen LogP contribution in [-0.2, 0) is 21.5 Å². The molecule has 39 heavy (non-hydrogen) atoms. The van der Waals surface area contributed by atoms with Gasteiger partial charge in [0.2, 0.25) is 11.9 Å². The van der Waals surface area contributed by atoms with Crippen LogP contribution in [-0.4, -0.2) is 96.4 Å². The second-order valence-corrected chi connectivity index (χ2v) is 11.4. The summed E-state index contributed by atoms with van der Waals surface area (Å²) in [5.74, 6) is 2.01. The predicted octanol–water partition coefficient (Wildman–Crippen LogP) is 0.991. The zero-order valence-electron chi connectivity index (χ0n) is 22.7. The smallest absolute Gasteiger partial charge is 0.281 e. The third-order valence-corrected chi connectivity index (χ3v) is 8.36. The minimum Gasteiger partial charge on any atom is -0.493 e. The molecule has 1 unspecified atom stereocenters. The Morgan fingerprint density at radius 1 is 1.13 bits per heavy atom. The Morgan fingerprint density at radius 2 is 1.90 bits per heavy atom. The number of rotatable bonds is 10. The van der Waals surface area contributed by atoms with Crippen LogP contribution in [0.1, 0.15) is 17.7 Å². The molecule has 3 aromatic rings. The number of aryl methyl sites for hydroxylation is 1. The Hall–Kier alpha value is -3.75. The van der Waals surface area contributed by atoms with Crippen molar-refractivity contribution in [1.29, 1.82) is 0 Å². The Balaban J connectivity index is 1.55. The van der Waals surface area contributed by atoms with Crippen molar-refractivity contribution >= 4 is 21.9 Å². The number of methoxy groups -OCH3 is 2. The van der Waals surface area contributed by atoms with E-state index in [9.17, 15) is 13.2 Å². The van der Waals surface area contributed by atoms with Crippen LogP contribution in [0.15, 0.2) is 43.0 Å². The molecule has 1 atom stereocenters. The summed E-state index contributed by atoms with van der Waals surface area (Å²) in [6, 6.07) is 6.82. The second kappa shape index (κ2) is 12.0. The number of anilines is 1. The molecular formula is C25H34N8O5S. The summed E-state index contributed by atoms with van der Waals surface area (Å²) in [5, 5.41) is 2.94. The Morgan fingerprint density at radius 3 is 2.56 bits per heavy atom. The van der Waals surface area contributed by atoms with Crippen LogP contribution < -0.4 is 19.7 Å². The molecule has 0 spiro atoms. The van der Waals surface area contributed by atoms with Crippen LogP contribution in [0.25, 0.3) is 5.95 Å². The SMILES string of the molecule is COc1ccc(CNC(=O)CC2CN(S(=O)(=O)N(C)C)CCN2c2cc(C)nc(-n3ccnc3)n2)cc1OC. The highest BCUT2D eigenvalue weighted by Crippen LogP contribution is 2.28. The number of aromatic nitrogens is 4. The van der Waals surface area contributed by atoms with Crippen molar-refractivity contribution in [2.75, 3.05) is 52.8 Å². The molecule has 0 radical (unpaired) electrons. The van der Waals surface area contributed by atoms with Gasteiger partial charge in [0.25, 0.3) is 10.2 Å². The van der Waals surface area contributed by atoms with Gasteiger partial charge in [0, 0.05) is 70.8 Å². The van der Waals surface area contributed by atoms with Crippen LogP contribution in [0.4, 0.5) is 5.82 Å². The summed E-state index contributed by atoms with van der Waals surface area (Å²) in [6.07, 6.45) is 5.07. The quantitative estimate of drug-likeness (QED) is 0.386. The van der Waals surface area contributed by atoms with Crippen molar-refractivity contribution in [3.63, 3.8) is 0 Å². The molecule has 0 aliphatic carbocycles. The Kier molecular flexibility index (Phi) is 8.67. The van der Waals surface area contributed by atoms with E-state index in [-0.39, 0.29) is 32.0 Å². The average Bonchev–Trinajstić information content (AvgIpc) is 3.46. The first kappa shape index (κ1) is 28.3. The molecule has 1 saturated heterocycles. The minimum absolute atomic E-state index is 0.0657. The van der Waals surface area contributed by atoms with Crippen LogP contribution in [0.3, 0.4) is 0 Å². The number of ether oxygens (including phenoxy) is 2. The number of nitrogens with one attached hydrogen (secondary N) is 1. The molecule has 1 aliphatic rings. The highest BCUT2D eigenvalue weighted by Gasteiger charge is 2.36. The van der Waals surface area contributed by atoms with Gasteiger partial charge in [-0.2, -0.15) is 22.0 Å². The Labute approximate surface area is 228 Å². The van der Waals surface area contributed by atoms with Gasteiger partial charge in [-0.1, -0.05) is 6.07 Å². The summed E-state index contributed by atoms with van der Waals surface area (Å²) >= 11 is 0. The minimum atomic E-state index is -3.66. The molecule has 4 rings (SSSR count). The van der Waals surface area contributed by atoms with Gasteiger partial charge in [-0.15, -0.1) is 0 Å². The topological polar surface area (TPSA) is 135 Å². The fourth-order valence-electron chi connectivity index (χ4n) is 4.40. The standard InChI is InChI=1S/C25H34N8O5S/c1-18-12-23(29-25(28-18)31-9-8-26-17-31)33-11-10-32(39(35,36)30(2)3)16-20(33)14-24(34)27-15-19-6-7-21(37-4)22(13-19)38-5/h6-9,12-13,17,20H,10-11,14-16H2,1-5H3,(H,27,34). The van der Waals surface area contributed by atoms with Gasteiger partial charge in [-0.3, -0.25) is 9.36 Å². The summed E-state index contributed by atoms with van der Waals surface area (Å²) in [4.78, 5) is 28.4. The largest absolute Gasteiger partial charge is 0.493 e. The lowest BCUT2D eigenvalue weighted by Gasteiger charge is -2.42. The van der Waals surface area contributed by atoms with Gasteiger partial charge in [0.15, 0.2) is 11.5 Å². The lowest BCUT2D eigenvalue weighted by Crippen LogP contribution is -2.58. The van der Waals surface area contributed by atoms with Crippen molar-refractivity contribution in [1.82, 2.24) is 33.4 Å². The molecule has 1 aromatic carbocycles. The molecular weight excluding hydrogens is 524 g/mol. The van der Waals surface area contributed by atoms with Gasteiger partial charge in [0.05, 0.1) is 20.3 Å². The molecule has 3 heterocycles. The number of imidazole rings is 1. The fraction of sp³-hybridized carbons (Fsp3) is 0.440. The van der Waals surface area contributed by atoms with E-state index in [0.29, 0.717) is 29.8 Å². The first-order chi connectivity index (χ1) is 18.6. The number of carbonyl (C=O) groups excluding carboxylic acids is 1. The van der Waals surface area contributed by atoms with E-state index in [1.807, 2.05) is 24.0 Å². The number of hydrogen-bond acceptors (Lipinski definition) is 9. The van der Waals surface area contributed by atoms with E-state index >= 15 is 0 Å². The summed E-state index contributed by atoms with van der Waals surface area (Å²) in [5.41, 5.74) is 1.58. The number of benzene rings is 1. The van der Waals surface area contributed by atoms with Gasteiger partial charge in [0.1, 0.15) is 12.1 Å². The molecule has 1 N–H and O–H groups in total. The second-order valence-electron chi connectivity index (χ2n) is 9.30. The monoisotopic (exact) mass is 558 g/mol. The number of piperazine rings is 1. The molecule has 13 nitrogen and oxygen atoms in total. The molecule has 14 heteroatoms. The molecule has 1 amide bonds. The van der Waals surface area contributed by atoms with Gasteiger partial charge < -0.3 is 19.7 Å². The van der Waals surface area contributed by atoms with E-state index in [1.165, 1.54) is 22.7 Å². The highest BCUT2D eigenvalue weighted by molar-refractivity contribution is 7.86. The van der Waals surface area contributed by atoms with Crippen molar-refractivity contribution < 1.29 is 22.7 Å². The summed E-state index contributed by atoms with van der Waals surface area (Å²) < 4.78 is 40.8. The van der Waals surface area contributed by atoms with Crippen molar-refractivity contribution in [3.05, 3.63) is 54.2 Å². The van der Waals surface area contributed by atoms with Crippen molar-refractivity contribution in [2.24, 2.45) is 0 Å². The van der Waals surface area contributed by atoms with Crippen LogP contribution in [0.2, 0.25) is 0 Å². The van der Waals surface area contributed by atoms with Crippen molar-refractivity contribution in [3.8, 4) is 17.4 Å². The average molecular weight is 559 g/mol. The maximum Gasteiger partial charge on any atom is 0.281 e. The molecule has 1 aliphatic heterocycles. The van der Waals surface area contributed by atoms with Gasteiger partial charge in [-0.25, -0.2) is 9.97 Å². The maximum absolute atomic E-state index is 13.1. The first-order valence-corrected chi connectivity index (χ1v) is 13.8. The van der Waals surface area contributed by atoms with Gasteiger partial charge in [-0.05, 0) is 24.6 Å². The van der Waals surface area contributed by atoms with E-state index in [0.717, 1.165) is 11.3 Å². The van der Waals surface area contributed by atoms with Crippen molar-refractivity contribution in [2.45, 2.75) is 25.9 Å². The summed E-state index contributed by atoms with van der Waals surface area (Å²) in [7, 11) is 2.45. The first-order valence-electron chi connectivity index (χ1n) is 12.4. The predicted molar refractivity (Wildman–Crippen MR) is 145 cm³/mol. The molecule has 2 aromatic heterocycles. The molecule has 1 fully saturated rings. The van der Waals surface area contributed by atoms with Crippen LogP contribution in [0, 0.1) is 6.92 Å². The van der Waals surface area contributed by atoms with E-state index in [2.05, 4.69) is 15.3 Å². The van der Waals surface area contributed by atoms with E-state index < -0.39 is 16.3 Å². The van der Waals surface area contributed by atoms with Crippen LogP contribution in [0.5, 0.6) is 11.5 Å². The molecule has 0 saturated carbocycles. The number of carbonyl (C=O) groups is 1. The van der Waals surface area contributed by atoms with Crippen LogP contribution >= 0.6 is 0 Å². The van der Waals surface area contributed by atoms with Gasteiger partial charge >= 0.3 is 0 Å². The lowest BCUT2D eigenvalue weighted by atomic mass is 10.1. The number of nitrogens with zero attached hydrogens (tertiary/aromatic N) is 7. The molecule has 210 valence electrons. The van der Waals surface area contributed by atoms with E-state index in [1.54, 1.807) is 49.6 Å². The highest BCUT2D eigenvalue weighted by atomic mass is 32.2. The van der Waals surface area contributed by atoms with E-state index in [4.69, 9.17) is 14.5 Å². The zero-order chi connectivity index (χ0) is 28.2. The Bertz CT molecular complexity index is 1400.